The van der Waals surface area contributed by atoms with Crippen molar-refractivity contribution in [2.75, 3.05) is 5.73 Å². The van der Waals surface area contributed by atoms with E-state index in [-0.39, 0.29) is 6.04 Å². The first-order valence-corrected chi connectivity index (χ1v) is 4.34. The van der Waals surface area contributed by atoms with Gasteiger partial charge in [-0.1, -0.05) is 0 Å². The molecule has 2 heterocycles. The van der Waals surface area contributed by atoms with E-state index in [0.717, 1.165) is 5.56 Å². The van der Waals surface area contributed by atoms with Crippen LogP contribution < -0.4 is 17.0 Å². The van der Waals surface area contributed by atoms with Crippen molar-refractivity contribution in [1.82, 2.24) is 25.8 Å². The number of hydrogen-bond donors (Lipinski definition) is 4. The van der Waals surface area contributed by atoms with E-state index < -0.39 is 0 Å². The monoisotopic (exact) mass is 205 g/mol. The third-order valence-electron chi connectivity index (χ3n) is 2.09. The van der Waals surface area contributed by atoms with Gasteiger partial charge >= 0.3 is 0 Å². The summed E-state index contributed by atoms with van der Waals surface area (Å²) in [6, 6.07) is 1.40. The molecule has 0 fully saturated rings. The summed E-state index contributed by atoms with van der Waals surface area (Å²) in [7, 11) is 0. The van der Waals surface area contributed by atoms with E-state index in [4.69, 9.17) is 11.6 Å². The second-order valence-corrected chi connectivity index (χ2v) is 3.00. The summed E-state index contributed by atoms with van der Waals surface area (Å²) < 4.78 is 0. The molecule has 0 aliphatic heterocycles. The second-order valence-electron chi connectivity index (χ2n) is 3.00. The van der Waals surface area contributed by atoms with E-state index in [1.807, 2.05) is 0 Å². The molecule has 78 valence electrons. The van der Waals surface area contributed by atoms with Crippen LogP contribution in [0.5, 0.6) is 0 Å². The Kier molecular flexibility index (Phi) is 2.57. The first-order valence-electron chi connectivity index (χ1n) is 4.34. The number of H-pyrrole nitrogens is 1. The molecule has 2 aromatic rings. The lowest BCUT2D eigenvalue weighted by atomic mass is 10.1. The van der Waals surface area contributed by atoms with Crippen molar-refractivity contribution in [3.63, 3.8) is 0 Å². The number of hydrazine groups is 1. The molecule has 2 rings (SSSR count). The molecule has 0 saturated heterocycles. The van der Waals surface area contributed by atoms with Gasteiger partial charge in [0.25, 0.3) is 0 Å². The highest BCUT2D eigenvalue weighted by molar-refractivity contribution is 5.48. The van der Waals surface area contributed by atoms with Gasteiger partial charge in [0.05, 0.1) is 12.2 Å². The molecule has 2 aromatic heterocycles. The number of hydrogen-bond acceptors (Lipinski definition) is 6. The van der Waals surface area contributed by atoms with E-state index in [2.05, 4.69) is 25.8 Å². The van der Waals surface area contributed by atoms with Crippen LogP contribution in [0.1, 0.15) is 17.3 Å². The van der Waals surface area contributed by atoms with Gasteiger partial charge in [-0.05, 0) is 6.07 Å². The van der Waals surface area contributed by atoms with Gasteiger partial charge in [-0.15, -0.1) is 0 Å². The maximum absolute atomic E-state index is 5.81. The van der Waals surface area contributed by atoms with E-state index in [9.17, 15) is 0 Å². The Morgan fingerprint density at radius 3 is 2.87 bits per heavy atom. The number of nitrogens with zero attached hydrogens (tertiary/aromatic N) is 3. The summed E-state index contributed by atoms with van der Waals surface area (Å²) in [5, 5.41) is 10.2. The van der Waals surface area contributed by atoms with Crippen molar-refractivity contribution < 1.29 is 0 Å². The molecule has 0 aromatic carbocycles. The Morgan fingerprint density at radius 1 is 1.40 bits per heavy atom. The van der Waals surface area contributed by atoms with Crippen LogP contribution >= 0.6 is 0 Å². The number of rotatable bonds is 3. The molecule has 0 aliphatic rings. The SMILES string of the molecule is NNC(c1cn[nH]n1)c1cnccc1N. The first kappa shape index (κ1) is 9.56. The number of anilines is 1. The van der Waals surface area contributed by atoms with Gasteiger partial charge in [-0.2, -0.15) is 15.4 Å². The minimum absolute atomic E-state index is 0.308. The van der Waals surface area contributed by atoms with E-state index >= 15 is 0 Å². The predicted molar refractivity (Wildman–Crippen MR) is 54.2 cm³/mol. The first-order chi connectivity index (χ1) is 7.33. The Hall–Kier alpha value is -1.99. The number of aromatic nitrogens is 4. The molecule has 0 bridgehead atoms. The number of aromatic amines is 1. The second kappa shape index (κ2) is 4.03. The number of nitrogens with one attached hydrogen (secondary N) is 2. The summed E-state index contributed by atoms with van der Waals surface area (Å²) in [6.07, 6.45) is 4.85. The zero-order valence-electron chi connectivity index (χ0n) is 7.88. The molecule has 6 N–H and O–H groups in total. The predicted octanol–water partition coefficient (Wildman–Crippen LogP) is -0.665. The summed E-state index contributed by atoms with van der Waals surface area (Å²) in [5.74, 6) is 5.45. The normalized spacial score (nSPS) is 12.6. The highest BCUT2D eigenvalue weighted by Gasteiger charge is 2.17. The van der Waals surface area contributed by atoms with Gasteiger partial charge in [0.1, 0.15) is 5.69 Å². The molecule has 0 aliphatic carbocycles. The third kappa shape index (κ3) is 1.78. The maximum atomic E-state index is 5.81. The van der Waals surface area contributed by atoms with E-state index in [1.165, 1.54) is 0 Å². The van der Waals surface area contributed by atoms with Crippen LogP contribution in [-0.2, 0) is 0 Å². The molecule has 1 unspecified atom stereocenters. The highest BCUT2D eigenvalue weighted by atomic mass is 15.3. The van der Waals surface area contributed by atoms with Crippen LogP contribution in [0.2, 0.25) is 0 Å². The van der Waals surface area contributed by atoms with Gasteiger partial charge in [-0.3, -0.25) is 10.8 Å². The van der Waals surface area contributed by atoms with Crippen LogP contribution in [0.25, 0.3) is 0 Å². The standard InChI is InChI=1S/C8H11N7/c9-6-1-2-11-3-5(6)8(13-10)7-4-12-15-14-7/h1-4,8,13H,10H2,(H2,9,11)(H,12,14,15). The number of pyridine rings is 1. The van der Waals surface area contributed by atoms with E-state index in [1.54, 1.807) is 24.7 Å². The van der Waals surface area contributed by atoms with Gasteiger partial charge in [0, 0.05) is 23.6 Å². The van der Waals surface area contributed by atoms with Crippen LogP contribution in [-0.4, -0.2) is 20.4 Å². The molecule has 0 spiro atoms. The van der Waals surface area contributed by atoms with Crippen LogP contribution in [0.4, 0.5) is 5.69 Å². The lowest BCUT2D eigenvalue weighted by Crippen LogP contribution is -2.29. The topological polar surface area (TPSA) is 119 Å². The molecule has 0 amide bonds. The number of nitrogens with two attached hydrogens (primary N) is 2. The molecule has 0 saturated carbocycles. The molecule has 7 heteroatoms. The van der Waals surface area contributed by atoms with Crippen molar-refractivity contribution >= 4 is 5.69 Å². The fraction of sp³-hybridized carbons (Fsp3) is 0.125. The van der Waals surface area contributed by atoms with Gasteiger partial charge in [0.15, 0.2) is 0 Å². The summed E-state index contributed by atoms with van der Waals surface area (Å²) in [6.45, 7) is 0. The van der Waals surface area contributed by atoms with Crippen molar-refractivity contribution in [2.24, 2.45) is 5.84 Å². The molecule has 15 heavy (non-hydrogen) atoms. The van der Waals surface area contributed by atoms with Crippen molar-refractivity contribution in [2.45, 2.75) is 6.04 Å². The highest BCUT2D eigenvalue weighted by Crippen LogP contribution is 2.22. The van der Waals surface area contributed by atoms with Crippen molar-refractivity contribution in [3.05, 3.63) is 35.9 Å². The van der Waals surface area contributed by atoms with Crippen LogP contribution in [0.3, 0.4) is 0 Å². The minimum atomic E-state index is -0.308. The Bertz CT molecular complexity index is 424. The summed E-state index contributed by atoms with van der Waals surface area (Å²) in [5.41, 5.74) is 10.5. The van der Waals surface area contributed by atoms with Crippen LogP contribution in [0, 0.1) is 0 Å². The maximum Gasteiger partial charge on any atom is 0.105 e. The Balaban J connectivity index is 2.40. The third-order valence-corrected chi connectivity index (χ3v) is 2.09. The quantitative estimate of drug-likeness (QED) is 0.390. The summed E-state index contributed by atoms with van der Waals surface area (Å²) >= 11 is 0. The average molecular weight is 205 g/mol. The number of nitrogen functional groups attached to an aromatic ring is 1. The fourth-order valence-electron chi connectivity index (χ4n) is 1.34. The molecule has 1 atom stereocenters. The smallest absolute Gasteiger partial charge is 0.105 e. The van der Waals surface area contributed by atoms with Crippen molar-refractivity contribution in [1.29, 1.82) is 0 Å². The molecular weight excluding hydrogens is 194 g/mol. The van der Waals surface area contributed by atoms with Crippen molar-refractivity contribution in [3.8, 4) is 0 Å². The molecule has 7 nitrogen and oxygen atoms in total. The van der Waals surface area contributed by atoms with Crippen LogP contribution in [0.15, 0.2) is 24.7 Å². The Labute approximate surface area is 85.9 Å². The molecular formula is C8H11N7. The minimum Gasteiger partial charge on any atom is -0.398 e. The zero-order valence-corrected chi connectivity index (χ0v) is 7.88. The van der Waals surface area contributed by atoms with Gasteiger partial charge in [0.2, 0.25) is 0 Å². The van der Waals surface area contributed by atoms with Gasteiger partial charge in [-0.25, -0.2) is 5.43 Å². The summed E-state index contributed by atoms with van der Waals surface area (Å²) in [4.78, 5) is 3.99. The lowest BCUT2D eigenvalue weighted by molar-refractivity contribution is 0.618. The largest absolute Gasteiger partial charge is 0.398 e. The molecule has 0 radical (unpaired) electrons. The fourth-order valence-corrected chi connectivity index (χ4v) is 1.34. The van der Waals surface area contributed by atoms with Gasteiger partial charge < -0.3 is 5.73 Å². The average Bonchev–Trinajstić information content (AvgIpc) is 2.75. The van der Waals surface area contributed by atoms with E-state index in [0.29, 0.717) is 11.4 Å². The lowest BCUT2D eigenvalue weighted by Gasteiger charge is -2.14. The Morgan fingerprint density at radius 2 is 2.27 bits per heavy atom. The zero-order chi connectivity index (χ0) is 10.7.